The van der Waals surface area contributed by atoms with Gasteiger partial charge >= 0.3 is 12.1 Å². The van der Waals surface area contributed by atoms with E-state index in [1.807, 2.05) is 13.8 Å². The van der Waals surface area contributed by atoms with Gasteiger partial charge in [-0.3, -0.25) is 9.59 Å². The summed E-state index contributed by atoms with van der Waals surface area (Å²) in [7, 11) is 1.39. The Hall–Kier alpha value is -2.05. The van der Waals surface area contributed by atoms with Gasteiger partial charge in [0.2, 0.25) is 0 Å². The van der Waals surface area contributed by atoms with Crippen molar-refractivity contribution in [2.24, 2.45) is 5.92 Å². The molecule has 0 saturated heterocycles. The van der Waals surface area contributed by atoms with E-state index in [0.717, 1.165) is 29.2 Å². The average Bonchev–Trinajstić information content (AvgIpc) is 2.43. The highest BCUT2D eigenvalue weighted by Gasteiger charge is 2.30. The molecule has 0 atom stereocenters. The smallest absolute Gasteiger partial charge is 0.416 e. The van der Waals surface area contributed by atoms with Gasteiger partial charge in [-0.1, -0.05) is 13.8 Å². The standard InChI is InChI=1S/C15H18F3NO3/c1-10(2)9-22-13(20)8-19(3)14(21)11-4-6-12(7-5-11)15(16,17)18/h4-7,10H,8-9H2,1-3H3. The van der Waals surface area contributed by atoms with Crippen LogP contribution in [0.1, 0.15) is 29.8 Å². The van der Waals surface area contributed by atoms with Crippen LogP contribution in [0.2, 0.25) is 0 Å². The number of amides is 1. The number of carbonyl (C=O) groups excluding carboxylic acids is 2. The number of benzene rings is 1. The van der Waals surface area contributed by atoms with Gasteiger partial charge in [-0.2, -0.15) is 13.2 Å². The molecule has 1 rings (SSSR count). The molecule has 0 fully saturated rings. The van der Waals surface area contributed by atoms with Crippen LogP contribution in [0.4, 0.5) is 13.2 Å². The van der Waals surface area contributed by atoms with Crippen molar-refractivity contribution in [2.45, 2.75) is 20.0 Å². The normalized spacial score (nSPS) is 11.4. The SMILES string of the molecule is CC(C)COC(=O)CN(C)C(=O)c1ccc(C(F)(F)F)cc1. The maximum Gasteiger partial charge on any atom is 0.416 e. The maximum atomic E-state index is 12.4. The molecule has 0 spiro atoms. The number of likely N-dealkylation sites (N-methyl/N-ethyl adjacent to an activating group) is 1. The van der Waals surface area contributed by atoms with Crippen molar-refractivity contribution in [3.63, 3.8) is 0 Å². The second-order valence-electron chi connectivity index (χ2n) is 5.31. The van der Waals surface area contributed by atoms with Gasteiger partial charge in [0.05, 0.1) is 12.2 Å². The molecular weight excluding hydrogens is 299 g/mol. The van der Waals surface area contributed by atoms with E-state index in [9.17, 15) is 22.8 Å². The summed E-state index contributed by atoms with van der Waals surface area (Å²) in [5.41, 5.74) is -0.754. The zero-order valence-electron chi connectivity index (χ0n) is 12.6. The Morgan fingerprint density at radius 2 is 1.73 bits per heavy atom. The first-order valence-electron chi connectivity index (χ1n) is 6.69. The van der Waals surface area contributed by atoms with Crippen LogP contribution in [0.15, 0.2) is 24.3 Å². The fourth-order valence-corrected chi connectivity index (χ4v) is 1.59. The molecule has 0 bridgehead atoms. The van der Waals surface area contributed by atoms with Gasteiger partial charge in [-0.25, -0.2) is 0 Å². The van der Waals surface area contributed by atoms with E-state index in [2.05, 4.69) is 0 Å². The van der Waals surface area contributed by atoms with Crippen LogP contribution in [0.25, 0.3) is 0 Å². The highest BCUT2D eigenvalue weighted by Crippen LogP contribution is 2.29. The molecule has 0 heterocycles. The Bertz CT molecular complexity index is 524. The highest BCUT2D eigenvalue weighted by molar-refractivity contribution is 5.95. The fourth-order valence-electron chi connectivity index (χ4n) is 1.59. The minimum atomic E-state index is -4.45. The minimum Gasteiger partial charge on any atom is -0.464 e. The Morgan fingerprint density at radius 1 is 1.18 bits per heavy atom. The van der Waals surface area contributed by atoms with Crippen LogP contribution in [0, 0.1) is 5.92 Å². The van der Waals surface area contributed by atoms with E-state index in [1.54, 1.807) is 0 Å². The highest BCUT2D eigenvalue weighted by atomic mass is 19.4. The molecule has 1 amide bonds. The van der Waals surface area contributed by atoms with Gasteiger partial charge in [0.1, 0.15) is 6.54 Å². The number of esters is 1. The molecule has 7 heteroatoms. The quantitative estimate of drug-likeness (QED) is 0.784. The molecule has 1 aromatic rings. The van der Waals surface area contributed by atoms with Gasteiger partial charge < -0.3 is 9.64 Å². The van der Waals surface area contributed by atoms with Crippen LogP contribution in [0.3, 0.4) is 0 Å². The predicted octanol–water partition coefficient (Wildman–Crippen LogP) is 2.98. The van der Waals surface area contributed by atoms with Crippen LogP contribution in [-0.4, -0.2) is 37.0 Å². The van der Waals surface area contributed by atoms with E-state index < -0.39 is 23.6 Å². The third-order valence-corrected chi connectivity index (χ3v) is 2.75. The van der Waals surface area contributed by atoms with E-state index in [-0.39, 0.29) is 24.6 Å². The molecule has 0 aliphatic heterocycles. The number of carbonyl (C=O) groups is 2. The summed E-state index contributed by atoms with van der Waals surface area (Å²) < 4.78 is 42.3. The average molecular weight is 317 g/mol. The van der Waals surface area contributed by atoms with Gasteiger partial charge in [0.25, 0.3) is 5.91 Å². The van der Waals surface area contributed by atoms with E-state index in [1.165, 1.54) is 7.05 Å². The summed E-state index contributed by atoms with van der Waals surface area (Å²) in [5.74, 6) is -0.924. The van der Waals surface area contributed by atoms with Crippen LogP contribution in [-0.2, 0) is 15.7 Å². The molecule has 0 radical (unpaired) electrons. The number of rotatable bonds is 5. The molecule has 0 unspecified atom stereocenters. The maximum absolute atomic E-state index is 12.4. The van der Waals surface area contributed by atoms with Gasteiger partial charge in [-0.05, 0) is 30.2 Å². The van der Waals surface area contributed by atoms with Crippen molar-refractivity contribution in [3.8, 4) is 0 Å². The molecule has 0 aromatic heterocycles. The molecule has 0 aliphatic carbocycles. The molecule has 0 aliphatic rings. The number of ether oxygens (including phenoxy) is 1. The molecular formula is C15H18F3NO3. The van der Waals surface area contributed by atoms with Crippen LogP contribution in [0.5, 0.6) is 0 Å². The number of hydrogen-bond acceptors (Lipinski definition) is 3. The Labute approximate surface area is 126 Å². The molecule has 22 heavy (non-hydrogen) atoms. The summed E-state index contributed by atoms with van der Waals surface area (Å²) >= 11 is 0. The molecule has 0 N–H and O–H groups in total. The lowest BCUT2D eigenvalue weighted by Gasteiger charge is -2.17. The first-order chi connectivity index (χ1) is 10.1. The number of alkyl halides is 3. The minimum absolute atomic E-state index is 0.0761. The summed E-state index contributed by atoms with van der Waals surface area (Å²) in [6.07, 6.45) is -4.45. The summed E-state index contributed by atoms with van der Waals surface area (Å²) in [6.45, 7) is 3.75. The number of nitrogens with zero attached hydrogens (tertiary/aromatic N) is 1. The van der Waals surface area contributed by atoms with Crippen LogP contribution < -0.4 is 0 Å². The van der Waals surface area contributed by atoms with Gasteiger partial charge in [0, 0.05) is 12.6 Å². The lowest BCUT2D eigenvalue weighted by atomic mass is 10.1. The second-order valence-corrected chi connectivity index (χ2v) is 5.31. The van der Waals surface area contributed by atoms with Crippen molar-refractivity contribution in [1.82, 2.24) is 4.90 Å². The second kappa shape index (κ2) is 7.29. The van der Waals surface area contributed by atoms with Gasteiger partial charge in [-0.15, -0.1) is 0 Å². The summed E-state index contributed by atoms with van der Waals surface area (Å²) in [6, 6.07) is 3.83. The van der Waals surface area contributed by atoms with Crippen molar-refractivity contribution in [2.75, 3.05) is 20.2 Å². The summed E-state index contributed by atoms with van der Waals surface area (Å²) in [5, 5.41) is 0. The third-order valence-electron chi connectivity index (χ3n) is 2.75. The largest absolute Gasteiger partial charge is 0.464 e. The lowest BCUT2D eigenvalue weighted by molar-refractivity contribution is -0.145. The molecule has 122 valence electrons. The summed E-state index contributed by atoms with van der Waals surface area (Å²) in [4.78, 5) is 24.6. The predicted molar refractivity (Wildman–Crippen MR) is 74.2 cm³/mol. The third kappa shape index (κ3) is 5.38. The van der Waals surface area contributed by atoms with E-state index in [4.69, 9.17) is 4.74 Å². The molecule has 4 nitrogen and oxygen atoms in total. The van der Waals surface area contributed by atoms with Crippen molar-refractivity contribution in [1.29, 1.82) is 0 Å². The van der Waals surface area contributed by atoms with Crippen molar-refractivity contribution < 1.29 is 27.5 Å². The zero-order chi connectivity index (χ0) is 16.9. The lowest BCUT2D eigenvalue weighted by Crippen LogP contribution is -2.33. The first-order valence-corrected chi connectivity index (χ1v) is 6.69. The molecule has 1 aromatic carbocycles. The Balaban J connectivity index is 2.65. The van der Waals surface area contributed by atoms with Crippen molar-refractivity contribution in [3.05, 3.63) is 35.4 Å². The van der Waals surface area contributed by atoms with Crippen molar-refractivity contribution >= 4 is 11.9 Å². The van der Waals surface area contributed by atoms with E-state index in [0.29, 0.717) is 0 Å². The Kier molecular flexibility index (Phi) is 5.96. The topological polar surface area (TPSA) is 46.6 Å². The number of hydrogen-bond donors (Lipinski definition) is 0. The first kappa shape index (κ1) is 18.0. The fraction of sp³-hybridized carbons (Fsp3) is 0.467. The van der Waals surface area contributed by atoms with Crippen LogP contribution >= 0.6 is 0 Å². The molecule has 0 saturated carbocycles. The van der Waals surface area contributed by atoms with E-state index >= 15 is 0 Å². The van der Waals surface area contributed by atoms with Gasteiger partial charge in [0.15, 0.2) is 0 Å². The zero-order valence-corrected chi connectivity index (χ0v) is 12.6. The number of halogens is 3. The monoisotopic (exact) mass is 317 g/mol. The Morgan fingerprint density at radius 3 is 2.18 bits per heavy atom.